The Labute approximate surface area is 125 Å². The minimum absolute atomic E-state index is 0.0805. The highest BCUT2D eigenvalue weighted by molar-refractivity contribution is 6.27. The minimum atomic E-state index is -0.646. The topological polar surface area (TPSA) is 90.0 Å². The van der Waals surface area contributed by atoms with Crippen molar-refractivity contribution in [2.75, 3.05) is 14.1 Å². The Balaban J connectivity index is 2.22. The zero-order valence-corrected chi connectivity index (χ0v) is 12.0. The number of amides is 4. The average Bonchev–Trinajstić information content (AvgIpc) is 2.77. The van der Waals surface area contributed by atoms with Gasteiger partial charge in [-0.3, -0.25) is 9.59 Å². The summed E-state index contributed by atoms with van der Waals surface area (Å²) in [5, 5.41) is 15.0. The summed E-state index contributed by atoms with van der Waals surface area (Å²) in [5.41, 5.74) is 0.270. The Morgan fingerprint density at radius 3 is 2.45 bits per heavy atom. The number of nitrogens with zero attached hydrogens (tertiary/aromatic N) is 2. The van der Waals surface area contributed by atoms with Crippen molar-refractivity contribution in [3.63, 3.8) is 0 Å². The summed E-state index contributed by atoms with van der Waals surface area (Å²) in [4.78, 5) is 36.7. The number of carbonyl (C=O) groups excluding carboxylic acids is 3. The Bertz CT molecular complexity index is 831. The third-order valence-electron chi connectivity index (χ3n) is 3.66. The van der Waals surface area contributed by atoms with E-state index in [1.54, 1.807) is 24.3 Å². The molecule has 22 heavy (non-hydrogen) atoms. The number of carbonyl (C=O) groups is 3. The molecule has 7 nitrogen and oxygen atoms in total. The molecule has 112 valence electrons. The molecule has 0 unspecified atom stereocenters. The highest BCUT2D eigenvalue weighted by Gasteiger charge is 2.41. The van der Waals surface area contributed by atoms with Gasteiger partial charge in [-0.2, -0.15) is 5.01 Å². The molecule has 1 heterocycles. The van der Waals surface area contributed by atoms with Crippen LogP contribution in [0.15, 0.2) is 30.3 Å². The van der Waals surface area contributed by atoms with Crippen molar-refractivity contribution in [3.05, 3.63) is 41.5 Å². The lowest BCUT2D eigenvalue weighted by atomic mass is 9.99. The molecule has 0 fully saturated rings. The van der Waals surface area contributed by atoms with Gasteiger partial charge in [0.25, 0.3) is 11.8 Å². The first-order chi connectivity index (χ1) is 10.5. The van der Waals surface area contributed by atoms with Gasteiger partial charge in [0.1, 0.15) is 5.75 Å². The normalized spacial score (nSPS) is 13.5. The van der Waals surface area contributed by atoms with Crippen LogP contribution in [0.1, 0.15) is 20.7 Å². The summed E-state index contributed by atoms with van der Waals surface area (Å²) in [6, 6.07) is 7.42. The number of benzene rings is 2. The fraction of sp³-hybridized carbons (Fsp3) is 0.133. The number of hydrazine groups is 1. The van der Waals surface area contributed by atoms with Crippen LogP contribution in [0, 0.1) is 0 Å². The van der Waals surface area contributed by atoms with Crippen molar-refractivity contribution in [1.29, 1.82) is 0 Å². The van der Waals surface area contributed by atoms with Gasteiger partial charge in [-0.25, -0.2) is 9.80 Å². The highest BCUT2D eigenvalue weighted by Crippen LogP contribution is 2.36. The Kier molecular flexibility index (Phi) is 2.98. The van der Waals surface area contributed by atoms with E-state index < -0.39 is 17.8 Å². The van der Waals surface area contributed by atoms with Gasteiger partial charge in [-0.15, -0.1) is 0 Å². The standard InChI is InChI=1S/C15H13N3O4/c1-16-15(22)17(2)18-13(20)10-7-11(19)8-5-3-4-6-9(8)12(10)14(18)21/h3-7,19H,1-2H3,(H,16,22). The van der Waals surface area contributed by atoms with E-state index in [2.05, 4.69) is 5.32 Å². The minimum Gasteiger partial charge on any atom is -0.507 e. The second-order valence-corrected chi connectivity index (χ2v) is 4.86. The molecule has 4 amide bonds. The lowest BCUT2D eigenvalue weighted by Gasteiger charge is -2.25. The highest BCUT2D eigenvalue weighted by atomic mass is 16.3. The third kappa shape index (κ3) is 1.72. The van der Waals surface area contributed by atoms with Gasteiger partial charge in [-0.05, 0) is 11.5 Å². The number of rotatable bonds is 1. The van der Waals surface area contributed by atoms with Crippen LogP contribution in [-0.4, -0.2) is 47.1 Å². The number of phenols is 1. The fourth-order valence-electron chi connectivity index (χ4n) is 2.59. The molecular weight excluding hydrogens is 286 g/mol. The van der Waals surface area contributed by atoms with Crippen LogP contribution in [-0.2, 0) is 0 Å². The van der Waals surface area contributed by atoms with E-state index >= 15 is 0 Å². The van der Waals surface area contributed by atoms with Gasteiger partial charge >= 0.3 is 6.03 Å². The van der Waals surface area contributed by atoms with E-state index in [0.29, 0.717) is 10.8 Å². The second-order valence-electron chi connectivity index (χ2n) is 4.86. The van der Waals surface area contributed by atoms with Crippen molar-refractivity contribution in [2.45, 2.75) is 0 Å². The molecule has 2 N–H and O–H groups in total. The molecule has 3 rings (SSSR count). The van der Waals surface area contributed by atoms with Gasteiger partial charge in [0.2, 0.25) is 0 Å². The zero-order valence-electron chi connectivity index (χ0n) is 12.0. The van der Waals surface area contributed by atoms with Gasteiger partial charge in [0.15, 0.2) is 0 Å². The van der Waals surface area contributed by atoms with E-state index in [4.69, 9.17) is 0 Å². The molecule has 0 saturated carbocycles. The Morgan fingerprint density at radius 2 is 1.82 bits per heavy atom. The quantitative estimate of drug-likeness (QED) is 0.777. The SMILES string of the molecule is CNC(=O)N(C)N1C(=O)c2cc(O)c3ccccc3c2C1=O. The Hall–Kier alpha value is -3.09. The fourth-order valence-corrected chi connectivity index (χ4v) is 2.59. The number of nitrogens with one attached hydrogen (secondary N) is 1. The van der Waals surface area contributed by atoms with E-state index in [1.165, 1.54) is 20.2 Å². The molecule has 0 bridgehead atoms. The van der Waals surface area contributed by atoms with Crippen molar-refractivity contribution >= 4 is 28.6 Å². The molecule has 1 aliphatic heterocycles. The number of imide groups is 1. The predicted octanol–water partition coefficient (Wildman–Crippen LogP) is 1.33. The molecule has 0 radical (unpaired) electrons. The largest absolute Gasteiger partial charge is 0.507 e. The maximum absolute atomic E-state index is 12.6. The molecule has 0 saturated heterocycles. The van der Waals surface area contributed by atoms with Crippen LogP contribution in [0.5, 0.6) is 5.75 Å². The molecule has 0 aromatic heterocycles. The van der Waals surface area contributed by atoms with Crippen molar-refractivity contribution < 1.29 is 19.5 Å². The summed E-state index contributed by atoms with van der Waals surface area (Å²) in [6.07, 6.45) is 0. The van der Waals surface area contributed by atoms with Crippen LogP contribution in [0.2, 0.25) is 0 Å². The third-order valence-corrected chi connectivity index (χ3v) is 3.66. The van der Waals surface area contributed by atoms with Crippen LogP contribution in [0.4, 0.5) is 4.79 Å². The van der Waals surface area contributed by atoms with E-state index in [0.717, 1.165) is 10.0 Å². The average molecular weight is 299 g/mol. The second kappa shape index (κ2) is 4.73. The lowest BCUT2D eigenvalue weighted by molar-refractivity contribution is 0.0269. The number of urea groups is 1. The molecular formula is C15H13N3O4. The van der Waals surface area contributed by atoms with Gasteiger partial charge in [0, 0.05) is 19.5 Å². The van der Waals surface area contributed by atoms with Crippen molar-refractivity contribution in [1.82, 2.24) is 15.3 Å². The first kappa shape index (κ1) is 13.9. The molecule has 2 aromatic rings. The van der Waals surface area contributed by atoms with Crippen LogP contribution in [0.25, 0.3) is 10.8 Å². The van der Waals surface area contributed by atoms with Gasteiger partial charge in [-0.1, -0.05) is 24.3 Å². The first-order valence-electron chi connectivity index (χ1n) is 6.56. The molecule has 2 aromatic carbocycles. The summed E-state index contributed by atoms with van der Waals surface area (Å²) >= 11 is 0. The number of hydrogen-bond donors (Lipinski definition) is 2. The maximum Gasteiger partial charge on any atom is 0.336 e. The van der Waals surface area contributed by atoms with Gasteiger partial charge < -0.3 is 10.4 Å². The number of hydrogen-bond acceptors (Lipinski definition) is 4. The lowest BCUT2D eigenvalue weighted by Crippen LogP contribution is -2.50. The molecule has 0 spiro atoms. The predicted molar refractivity (Wildman–Crippen MR) is 78.3 cm³/mol. The van der Waals surface area contributed by atoms with Crippen molar-refractivity contribution in [3.8, 4) is 5.75 Å². The summed E-state index contributed by atoms with van der Waals surface area (Å²) < 4.78 is 0. The first-order valence-corrected chi connectivity index (χ1v) is 6.56. The molecule has 0 atom stereocenters. The number of fused-ring (bicyclic) bond motifs is 3. The molecule has 0 aliphatic carbocycles. The van der Waals surface area contributed by atoms with Crippen LogP contribution in [0.3, 0.4) is 0 Å². The maximum atomic E-state index is 12.6. The van der Waals surface area contributed by atoms with Crippen LogP contribution >= 0.6 is 0 Å². The van der Waals surface area contributed by atoms with E-state index in [-0.39, 0.29) is 16.9 Å². The van der Waals surface area contributed by atoms with E-state index in [9.17, 15) is 19.5 Å². The smallest absolute Gasteiger partial charge is 0.336 e. The monoisotopic (exact) mass is 299 g/mol. The van der Waals surface area contributed by atoms with Crippen LogP contribution < -0.4 is 5.32 Å². The summed E-state index contributed by atoms with van der Waals surface area (Å²) in [6.45, 7) is 0. The molecule has 7 heteroatoms. The zero-order chi connectivity index (χ0) is 16.0. The summed E-state index contributed by atoms with van der Waals surface area (Å²) in [7, 11) is 2.72. The Morgan fingerprint density at radius 1 is 1.18 bits per heavy atom. The van der Waals surface area contributed by atoms with E-state index in [1.807, 2.05) is 0 Å². The van der Waals surface area contributed by atoms with Gasteiger partial charge in [0.05, 0.1) is 11.1 Å². The number of aromatic hydroxyl groups is 1. The molecule has 1 aliphatic rings. The number of phenolic OH excluding ortho intramolecular Hbond substituents is 1. The summed E-state index contributed by atoms with van der Waals surface area (Å²) in [5.74, 6) is -1.32. The van der Waals surface area contributed by atoms with Crippen molar-refractivity contribution in [2.24, 2.45) is 0 Å².